The van der Waals surface area contributed by atoms with Gasteiger partial charge in [0.2, 0.25) is 10.8 Å². The minimum absolute atomic E-state index is 0.0825. The van der Waals surface area contributed by atoms with Crippen LogP contribution in [0.25, 0.3) is 4.96 Å². The molecule has 1 saturated heterocycles. The molecule has 0 radical (unpaired) electrons. The summed E-state index contributed by atoms with van der Waals surface area (Å²) < 4.78 is 12.8. The molecular formula is C21H28N4O3S. The normalized spacial score (nSPS) is 17.0. The quantitative estimate of drug-likeness (QED) is 0.654. The summed E-state index contributed by atoms with van der Waals surface area (Å²) in [6, 6.07) is 5.96. The van der Waals surface area contributed by atoms with E-state index in [9.17, 15) is 5.11 Å². The first-order valence-corrected chi connectivity index (χ1v) is 10.9. The third-order valence-corrected chi connectivity index (χ3v) is 6.61. The van der Waals surface area contributed by atoms with E-state index in [1.165, 1.54) is 11.3 Å². The van der Waals surface area contributed by atoms with Crippen LogP contribution in [0.1, 0.15) is 49.0 Å². The topological polar surface area (TPSA) is 72.1 Å². The van der Waals surface area contributed by atoms with Crippen LogP contribution >= 0.6 is 11.3 Å². The molecule has 29 heavy (non-hydrogen) atoms. The molecule has 1 atom stereocenters. The van der Waals surface area contributed by atoms with Gasteiger partial charge < -0.3 is 14.6 Å². The van der Waals surface area contributed by atoms with Crippen molar-refractivity contribution in [1.82, 2.24) is 19.5 Å². The molecule has 0 aliphatic carbocycles. The van der Waals surface area contributed by atoms with Crippen molar-refractivity contribution >= 4 is 16.3 Å². The van der Waals surface area contributed by atoms with Gasteiger partial charge >= 0.3 is 0 Å². The Morgan fingerprint density at radius 2 is 2.03 bits per heavy atom. The Hall–Kier alpha value is -2.32. The predicted molar refractivity (Wildman–Crippen MR) is 113 cm³/mol. The second kappa shape index (κ2) is 8.20. The van der Waals surface area contributed by atoms with Gasteiger partial charge in [0.25, 0.3) is 0 Å². The first-order chi connectivity index (χ1) is 14.0. The summed E-state index contributed by atoms with van der Waals surface area (Å²) in [5.41, 5.74) is 1.07. The maximum atomic E-state index is 11.0. The molecule has 0 saturated carbocycles. The van der Waals surface area contributed by atoms with E-state index in [-0.39, 0.29) is 11.9 Å². The van der Waals surface area contributed by atoms with Gasteiger partial charge in [0, 0.05) is 0 Å². The van der Waals surface area contributed by atoms with Gasteiger partial charge in [0.15, 0.2) is 11.5 Å². The molecule has 0 spiro atoms. The van der Waals surface area contributed by atoms with Gasteiger partial charge in [-0.3, -0.25) is 4.90 Å². The van der Waals surface area contributed by atoms with Crippen LogP contribution in [0.15, 0.2) is 18.2 Å². The Morgan fingerprint density at radius 1 is 1.28 bits per heavy atom. The number of hydrogen-bond acceptors (Lipinski definition) is 7. The number of ether oxygens (including phenoxy) is 2. The number of hydrogen-bond donors (Lipinski definition) is 1. The number of aryl methyl sites for hydroxylation is 1. The number of nitrogens with zero attached hydrogens (tertiary/aromatic N) is 4. The van der Waals surface area contributed by atoms with Gasteiger partial charge in [0.1, 0.15) is 5.82 Å². The summed E-state index contributed by atoms with van der Waals surface area (Å²) >= 11 is 1.50. The largest absolute Gasteiger partial charge is 0.493 e. The Labute approximate surface area is 174 Å². The van der Waals surface area contributed by atoms with Gasteiger partial charge in [-0.25, -0.2) is 4.98 Å². The van der Waals surface area contributed by atoms with E-state index in [0.29, 0.717) is 23.1 Å². The predicted octanol–water partition coefficient (Wildman–Crippen LogP) is 4.03. The van der Waals surface area contributed by atoms with E-state index < -0.39 is 0 Å². The molecule has 1 fully saturated rings. The molecule has 2 aromatic heterocycles. The number of aromatic hydroxyl groups is 1. The Balaban J connectivity index is 1.80. The fourth-order valence-corrected chi connectivity index (χ4v) is 5.13. The maximum absolute atomic E-state index is 11.0. The average molecular weight is 417 g/mol. The molecule has 8 heteroatoms. The minimum atomic E-state index is -0.0825. The van der Waals surface area contributed by atoms with Crippen molar-refractivity contribution in [2.24, 2.45) is 5.92 Å². The highest BCUT2D eigenvalue weighted by atomic mass is 32.1. The van der Waals surface area contributed by atoms with E-state index in [1.54, 1.807) is 11.6 Å². The molecule has 1 aliphatic rings. The zero-order valence-electron chi connectivity index (χ0n) is 17.4. The lowest BCUT2D eigenvalue weighted by Gasteiger charge is -2.36. The summed E-state index contributed by atoms with van der Waals surface area (Å²) in [7, 11) is 1.66. The zero-order chi connectivity index (χ0) is 20.5. The summed E-state index contributed by atoms with van der Waals surface area (Å²) in [6.45, 7) is 8.63. The lowest BCUT2D eigenvalue weighted by molar-refractivity contribution is 0.157. The molecule has 3 aromatic rings. The molecule has 1 aromatic carbocycles. The van der Waals surface area contributed by atoms with Crippen LogP contribution in [-0.2, 0) is 0 Å². The average Bonchev–Trinajstić information content (AvgIpc) is 3.22. The summed E-state index contributed by atoms with van der Waals surface area (Å²) in [4.78, 5) is 8.46. The lowest BCUT2D eigenvalue weighted by atomic mass is 9.95. The molecule has 156 valence electrons. The summed E-state index contributed by atoms with van der Waals surface area (Å²) in [6.07, 6.45) is 2.29. The number of benzene rings is 1. The smallest absolute Gasteiger partial charge is 0.230 e. The first-order valence-electron chi connectivity index (χ1n) is 10.1. The molecule has 0 bridgehead atoms. The number of likely N-dealkylation sites (tertiary alicyclic amines) is 1. The monoisotopic (exact) mass is 416 g/mol. The van der Waals surface area contributed by atoms with Crippen molar-refractivity contribution in [3.63, 3.8) is 0 Å². The SMILES string of the molecule is CCOc1ccc([C@H](c2sc3nc(C)nn3c2O)N2CCC(C)CC2)cc1OC. The Morgan fingerprint density at radius 3 is 2.69 bits per heavy atom. The molecule has 0 amide bonds. The van der Waals surface area contributed by atoms with Crippen LogP contribution in [0.5, 0.6) is 17.4 Å². The van der Waals surface area contributed by atoms with Crippen molar-refractivity contribution in [3.05, 3.63) is 34.5 Å². The molecule has 7 nitrogen and oxygen atoms in total. The fraction of sp³-hybridized carbons (Fsp3) is 0.524. The molecule has 1 N–H and O–H groups in total. The van der Waals surface area contributed by atoms with E-state index in [1.807, 2.05) is 26.0 Å². The van der Waals surface area contributed by atoms with Crippen molar-refractivity contribution in [3.8, 4) is 17.4 Å². The van der Waals surface area contributed by atoms with E-state index >= 15 is 0 Å². The van der Waals surface area contributed by atoms with Crippen LogP contribution in [-0.4, -0.2) is 51.4 Å². The third kappa shape index (κ3) is 3.79. The van der Waals surface area contributed by atoms with E-state index in [2.05, 4.69) is 28.0 Å². The molecule has 0 unspecified atom stereocenters. The van der Waals surface area contributed by atoms with Crippen LogP contribution in [0.3, 0.4) is 0 Å². The second-order valence-corrected chi connectivity index (χ2v) is 8.62. The molecule has 3 heterocycles. The number of fused-ring (bicyclic) bond motifs is 1. The summed E-state index contributed by atoms with van der Waals surface area (Å²) in [5.74, 6) is 2.98. The zero-order valence-corrected chi connectivity index (χ0v) is 18.2. The lowest BCUT2D eigenvalue weighted by Crippen LogP contribution is -2.36. The highest BCUT2D eigenvalue weighted by molar-refractivity contribution is 7.17. The third-order valence-electron chi connectivity index (χ3n) is 5.54. The van der Waals surface area contributed by atoms with Crippen LogP contribution < -0.4 is 9.47 Å². The number of aromatic nitrogens is 3. The Bertz CT molecular complexity index is 991. The highest BCUT2D eigenvalue weighted by Crippen LogP contribution is 2.43. The van der Waals surface area contributed by atoms with Crippen molar-refractivity contribution in [2.75, 3.05) is 26.8 Å². The number of thiazole rings is 1. The van der Waals surface area contributed by atoms with E-state index in [0.717, 1.165) is 48.0 Å². The van der Waals surface area contributed by atoms with Crippen LogP contribution in [0.4, 0.5) is 0 Å². The minimum Gasteiger partial charge on any atom is -0.493 e. The Kier molecular flexibility index (Phi) is 5.65. The molecular weight excluding hydrogens is 388 g/mol. The van der Waals surface area contributed by atoms with Crippen LogP contribution in [0.2, 0.25) is 0 Å². The second-order valence-electron chi connectivity index (χ2n) is 7.61. The van der Waals surface area contributed by atoms with Crippen LogP contribution in [0, 0.1) is 12.8 Å². The maximum Gasteiger partial charge on any atom is 0.230 e. The van der Waals surface area contributed by atoms with E-state index in [4.69, 9.17) is 9.47 Å². The van der Waals surface area contributed by atoms with Gasteiger partial charge in [-0.2, -0.15) is 4.52 Å². The highest BCUT2D eigenvalue weighted by Gasteiger charge is 2.32. The van der Waals surface area contributed by atoms with Crippen molar-refractivity contribution in [2.45, 2.75) is 39.7 Å². The van der Waals surface area contributed by atoms with Gasteiger partial charge in [-0.05, 0) is 63.4 Å². The van der Waals surface area contributed by atoms with Gasteiger partial charge in [0.05, 0.1) is 24.6 Å². The van der Waals surface area contributed by atoms with Crippen molar-refractivity contribution < 1.29 is 14.6 Å². The standard InChI is InChI=1S/C21H28N4O3S/c1-5-28-16-7-6-15(12-17(16)27-4)18(24-10-8-13(2)9-11-24)19-20(26)25-21(29-19)22-14(3)23-25/h6-7,12-13,18,26H,5,8-11H2,1-4H3/t18-/m1/s1. The number of rotatable bonds is 6. The molecule has 4 rings (SSSR count). The first kappa shape index (κ1) is 20.0. The fourth-order valence-electron chi connectivity index (χ4n) is 3.97. The summed E-state index contributed by atoms with van der Waals surface area (Å²) in [5, 5.41) is 15.3. The van der Waals surface area contributed by atoms with Gasteiger partial charge in [-0.1, -0.05) is 24.3 Å². The van der Waals surface area contributed by atoms with Gasteiger partial charge in [-0.15, -0.1) is 5.10 Å². The number of methoxy groups -OCH3 is 1. The van der Waals surface area contributed by atoms with Crippen molar-refractivity contribution in [1.29, 1.82) is 0 Å². The number of piperidine rings is 1. The molecule has 1 aliphatic heterocycles.